The Hall–Kier alpha value is -4.09. The number of nitriles is 1. The number of carbonyl (C=O) groups is 1. The molecule has 0 bridgehead atoms. The number of aryl methyl sites for hydroxylation is 1. The second kappa shape index (κ2) is 8.36. The molecular formula is C26H20F2N4O2. The van der Waals surface area contributed by atoms with Crippen LogP contribution >= 0.6 is 0 Å². The molecule has 1 amide bonds. The molecule has 1 saturated heterocycles. The van der Waals surface area contributed by atoms with E-state index in [0.29, 0.717) is 52.0 Å². The number of nitrogens with zero attached hydrogens (tertiary/aromatic N) is 3. The molecule has 4 aromatic rings. The molecule has 1 aliphatic rings. The fourth-order valence-corrected chi connectivity index (χ4v) is 4.36. The van der Waals surface area contributed by atoms with E-state index in [9.17, 15) is 9.18 Å². The maximum Gasteiger partial charge on any atom is 0.253 e. The van der Waals surface area contributed by atoms with Gasteiger partial charge >= 0.3 is 0 Å². The van der Waals surface area contributed by atoms with Crippen molar-refractivity contribution in [2.24, 2.45) is 5.73 Å². The molecule has 0 unspecified atom stereocenters. The van der Waals surface area contributed by atoms with Gasteiger partial charge in [0, 0.05) is 35.6 Å². The molecule has 1 atom stereocenters. The highest BCUT2D eigenvalue weighted by Crippen LogP contribution is 2.37. The first-order valence-corrected chi connectivity index (χ1v) is 10.8. The quantitative estimate of drug-likeness (QED) is 0.476. The SMILES string of the molecule is Cc1noc2cc(-c3ccc(C(=O)N4CC[C@H](N)C4)cc3-c3ccc(C#N)c(F)c3)c(F)cc12. The van der Waals surface area contributed by atoms with E-state index in [1.54, 1.807) is 48.2 Å². The number of amides is 1. The average molecular weight is 458 g/mol. The summed E-state index contributed by atoms with van der Waals surface area (Å²) >= 11 is 0. The summed E-state index contributed by atoms with van der Waals surface area (Å²) in [5.41, 5.74) is 8.76. The number of fused-ring (bicyclic) bond motifs is 1. The number of aromatic nitrogens is 1. The number of likely N-dealkylation sites (tertiary alicyclic amines) is 1. The van der Waals surface area contributed by atoms with Gasteiger partial charge in [0.15, 0.2) is 5.58 Å². The minimum Gasteiger partial charge on any atom is -0.356 e. The number of carbonyl (C=O) groups excluding carboxylic acids is 1. The van der Waals surface area contributed by atoms with Gasteiger partial charge < -0.3 is 15.2 Å². The van der Waals surface area contributed by atoms with Crippen LogP contribution in [0.25, 0.3) is 33.2 Å². The lowest BCUT2D eigenvalue weighted by Crippen LogP contribution is -2.31. The van der Waals surface area contributed by atoms with Gasteiger partial charge in [-0.15, -0.1) is 0 Å². The molecule has 6 nitrogen and oxygen atoms in total. The predicted octanol–water partition coefficient (Wildman–Crippen LogP) is 4.79. The molecule has 1 aliphatic heterocycles. The third-order valence-corrected chi connectivity index (χ3v) is 6.21. The maximum absolute atomic E-state index is 15.2. The zero-order chi connectivity index (χ0) is 24.0. The van der Waals surface area contributed by atoms with E-state index in [1.807, 2.05) is 0 Å². The van der Waals surface area contributed by atoms with Crippen LogP contribution in [0.1, 0.15) is 28.0 Å². The van der Waals surface area contributed by atoms with E-state index >= 15 is 4.39 Å². The van der Waals surface area contributed by atoms with E-state index in [0.717, 1.165) is 6.42 Å². The summed E-state index contributed by atoms with van der Waals surface area (Å²) in [6.45, 7) is 2.73. The van der Waals surface area contributed by atoms with Crippen LogP contribution in [0, 0.1) is 29.9 Å². The number of benzene rings is 3. The van der Waals surface area contributed by atoms with Gasteiger partial charge in [-0.2, -0.15) is 5.26 Å². The van der Waals surface area contributed by atoms with Gasteiger partial charge in [-0.1, -0.05) is 17.3 Å². The predicted molar refractivity (Wildman–Crippen MR) is 123 cm³/mol. The van der Waals surface area contributed by atoms with E-state index in [2.05, 4.69) is 5.16 Å². The van der Waals surface area contributed by atoms with Gasteiger partial charge in [-0.25, -0.2) is 8.78 Å². The Morgan fingerprint density at radius 2 is 1.94 bits per heavy atom. The summed E-state index contributed by atoms with van der Waals surface area (Å²) < 4.78 is 35.0. The van der Waals surface area contributed by atoms with Crippen molar-refractivity contribution in [3.05, 3.63) is 77.0 Å². The van der Waals surface area contributed by atoms with Crippen LogP contribution < -0.4 is 5.73 Å². The van der Waals surface area contributed by atoms with Crippen LogP contribution in [0.2, 0.25) is 0 Å². The molecular weight excluding hydrogens is 438 g/mol. The lowest BCUT2D eigenvalue weighted by molar-refractivity contribution is 0.0791. The summed E-state index contributed by atoms with van der Waals surface area (Å²) in [5, 5.41) is 13.5. The Bertz CT molecular complexity index is 1490. The highest BCUT2D eigenvalue weighted by atomic mass is 19.1. The van der Waals surface area contributed by atoms with Crippen molar-refractivity contribution in [2.45, 2.75) is 19.4 Å². The van der Waals surface area contributed by atoms with Crippen LogP contribution in [-0.2, 0) is 0 Å². The van der Waals surface area contributed by atoms with Crippen molar-refractivity contribution in [1.82, 2.24) is 10.1 Å². The smallest absolute Gasteiger partial charge is 0.253 e. The van der Waals surface area contributed by atoms with E-state index in [4.69, 9.17) is 15.5 Å². The molecule has 0 saturated carbocycles. The highest BCUT2D eigenvalue weighted by molar-refractivity contribution is 5.98. The maximum atomic E-state index is 15.2. The molecule has 3 aromatic carbocycles. The number of halogens is 2. The Morgan fingerprint density at radius 3 is 2.65 bits per heavy atom. The standard InChI is InChI=1S/C26H20F2N4O2/c1-14-20-10-24(28)22(11-25(20)34-31-14)19-5-4-16(26(33)32-7-6-18(30)13-32)8-21(19)15-2-3-17(12-29)23(27)9-15/h2-5,8-11,18H,6-7,13,30H2,1H3/t18-/m0/s1. The van der Waals surface area contributed by atoms with E-state index < -0.39 is 11.6 Å². The van der Waals surface area contributed by atoms with Crippen LogP contribution in [0.5, 0.6) is 0 Å². The monoisotopic (exact) mass is 458 g/mol. The largest absolute Gasteiger partial charge is 0.356 e. The second-order valence-corrected chi connectivity index (χ2v) is 8.46. The lowest BCUT2D eigenvalue weighted by atomic mass is 9.91. The summed E-state index contributed by atoms with van der Waals surface area (Å²) in [6, 6.07) is 13.7. The fourth-order valence-electron chi connectivity index (χ4n) is 4.36. The summed E-state index contributed by atoms with van der Waals surface area (Å²) in [5.74, 6) is -1.40. The van der Waals surface area contributed by atoms with Crippen molar-refractivity contribution in [3.8, 4) is 28.3 Å². The first kappa shape index (κ1) is 21.7. The summed E-state index contributed by atoms with van der Waals surface area (Å²) in [6.07, 6.45) is 0.722. The van der Waals surface area contributed by atoms with Gasteiger partial charge in [-0.3, -0.25) is 4.79 Å². The zero-order valence-corrected chi connectivity index (χ0v) is 18.3. The molecule has 1 aromatic heterocycles. The molecule has 0 aliphatic carbocycles. The average Bonchev–Trinajstić information content (AvgIpc) is 3.43. The van der Waals surface area contributed by atoms with Gasteiger partial charge in [0.2, 0.25) is 0 Å². The number of rotatable bonds is 3. The zero-order valence-electron chi connectivity index (χ0n) is 18.3. The Labute approximate surface area is 194 Å². The molecule has 8 heteroatoms. The first-order chi connectivity index (χ1) is 16.4. The fraction of sp³-hybridized carbons (Fsp3) is 0.192. The third kappa shape index (κ3) is 3.70. The molecule has 5 rings (SSSR count). The molecule has 1 fully saturated rings. The molecule has 34 heavy (non-hydrogen) atoms. The molecule has 0 radical (unpaired) electrons. The van der Waals surface area contributed by atoms with E-state index in [1.165, 1.54) is 18.2 Å². The number of nitrogens with two attached hydrogens (primary N) is 1. The summed E-state index contributed by atoms with van der Waals surface area (Å²) in [4.78, 5) is 14.8. The van der Waals surface area contributed by atoms with Crippen LogP contribution in [0.4, 0.5) is 8.78 Å². The van der Waals surface area contributed by atoms with Gasteiger partial charge in [0.05, 0.1) is 11.3 Å². The van der Waals surface area contributed by atoms with Gasteiger partial charge in [-0.05, 0) is 66.4 Å². The number of hydrogen-bond donors (Lipinski definition) is 1. The van der Waals surface area contributed by atoms with Crippen molar-refractivity contribution in [1.29, 1.82) is 5.26 Å². The lowest BCUT2D eigenvalue weighted by Gasteiger charge is -2.18. The van der Waals surface area contributed by atoms with Crippen LogP contribution in [0.3, 0.4) is 0 Å². The molecule has 2 N–H and O–H groups in total. The normalized spacial score (nSPS) is 15.6. The van der Waals surface area contributed by atoms with Crippen molar-refractivity contribution in [3.63, 3.8) is 0 Å². The molecule has 170 valence electrons. The minimum atomic E-state index is -0.699. The highest BCUT2D eigenvalue weighted by Gasteiger charge is 2.26. The Morgan fingerprint density at radius 1 is 1.12 bits per heavy atom. The second-order valence-electron chi connectivity index (χ2n) is 8.46. The first-order valence-electron chi connectivity index (χ1n) is 10.8. The van der Waals surface area contributed by atoms with Crippen LogP contribution in [-0.4, -0.2) is 35.1 Å². The third-order valence-electron chi connectivity index (χ3n) is 6.21. The van der Waals surface area contributed by atoms with Crippen molar-refractivity contribution >= 4 is 16.9 Å². The van der Waals surface area contributed by atoms with Crippen molar-refractivity contribution in [2.75, 3.05) is 13.1 Å². The molecule has 2 heterocycles. The van der Waals surface area contributed by atoms with Gasteiger partial charge in [0.25, 0.3) is 5.91 Å². The topological polar surface area (TPSA) is 96.2 Å². The molecule has 0 spiro atoms. The Balaban J connectivity index is 1.69. The minimum absolute atomic E-state index is 0.0681. The summed E-state index contributed by atoms with van der Waals surface area (Å²) in [7, 11) is 0. The number of hydrogen-bond acceptors (Lipinski definition) is 5. The van der Waals surface area contributed by atoms with Gasteiger partial charge in [0.1, 0.15) is 17.7 Å². The van der Waals surface area contributed by atoms with E-state index in [-0.39, 0.29) is 23.1 Å². The Kier molecular flexibility index (Phi) is 5.34. The van der Waals surface area contributed by atoms with Crippen LogP contribution in [0.15, 0.2) is 53.1 Å². The van der Waals surface area contributed by atoms with Crippen molar-refractivity contribution < 1.29 is 18.1 Å².